The molecule has 108 valence electrons. The van der Waals surface area contributed by atoms with E-state index >= 15 is 0 Å². The molecule has 0 spiro atoms. The zero-order valence-electron chi connectivity index (χ0n) is 12.4. The second kappa shape index (κ2) is 6.48. The molecular weight excluding hydrogens is 266 g/mol. The molecule has 0 aliphatic carbocycles. The number of benzene rings is 1. The van der Waals surface area contributed by atoms with Crippen LogP contribution in [-0.4, -0.2) is 11.0 Å². The number of nitrogens with one attached hydrogen (secondary N) is 1. The number of rotatable bonds is 6. The second-order valence-corrected chi connectivity index (χ2v) is 6.70. The number of nitrogens with zero attached hydrogens (tertiary/aromatic N) is 1. The molecule has 1 atom stereocenters. The largest absolute Gasteiger partial charge is 0.271 e. The van der Waals surface area contributed by atoms with Crippen molar-refractivity contribution in [3.8, 4) is 11.3 Å². The molecular formula is C16H23N3S. The summed E-state index contributed by atoms with van der Waals surface area (Å²) in [4.78, 5) is 4.74. The second-order valence-electron chi connectivity index (χ2n) is 5.76. The Balaban J connectivity index is 2.13. The zero-order valence-corrected chi connectivity index (χ0v) is 13.2. The Bertz CT molecular complexity index is 534. The summed E-state index contributed by atoms with van der Waals surface area (Å²) in [6, 6.07) is 10.5. The number of nitrogens with two attached hydrogens (primary N) is 1. The minimum atomic E-state index is 0.160. The van der Waals surface area contributed by atoms with Gasteiger partial charge in [-0.05, 0) is 11.8 Å². The maximum Gasteiger partial charge on any atom is 0.0948 e. The molecule has 3 N–H and O–H groups in total. The molecule has 20 heavy (non-hydrogen) atoms. The number of hydrazine groups is 1. The molecule has 0 saturated carbocycles. The quantitative estimate of drug-likeness (QED) is 0.631. The Kier molecular flexibility index (Phi) is 4.91. The summed E-state index contributed by atoms with van der Waals surface area (Å²) in [7, 11) is 0. The number of hydrogen-bond acceptors (Lipinski definition) is 4. The Hall–Kier alpha value is -1.23. The van der Waals surface area contributed by atoms with Gasteiger partial charge in [-0.3, -0.25) is 11.3 Å². The standard InChI is InChI=1S/C16H23N3S/c1-4-16(2,3)14(19-17)10-15-18-13(11-20-15)12-8-6-5-7-9-12/h5-9,11,14,19H,4,10,17H2,1-3H3. The van der Waals surface area contributed by atoms with Crippen molar-refractivity contribution in [2.45, 2.75) is 39.7 Å². The van der Waals surface area contributed by atoms with Gasteiger partial charge in [0.1, 0.15) is 0 Å². The summed E-state index contributed by atoms with van der Waals surface area (Å²) in [6.45, 7) is 6.67. The van der Waals surface area contributed by atoms with Gasteiger partial charge < -0.3 is 0 Å². The van der Waals surface area contributed by atoms with Gasteiger partial charge in [-0.15, -0.1) is 11.3 Å². The first-order valence-electron chi connectivity index (χ1n) is 7.02. The molecule has 1 unspecified atom stereocenters. The van der Waals surface area contributed by atoms with Crippen molar-refractivity contribution in [1.29, 1.82) is 0 Å². The molecule has 1 heterocycles. The Morgan fingerprint density at radius 3 is 2.60 bits per heavy atom. The van der Waals surface area contributed by atoms with E-state index in [4.69, 9.17) is 10.8 Å². The minimum Gasteiger partial charge on any atom is -0.271 e. The van der Waals surface area contributed by atoms with E-state index in [0.29, 0.717) is 0 Å². The van der Waals surface area contributed by atoms with Gasteiger partial charge in [0.25, 0.3) is 0 Å². The molecule has 0 aliphatic rings. The normalized spacial score (nSPS) is 13.4. The van der Waals surface area contributed by atoms with Crippen LogP contribution in [0.15, 0.2) is 35.7 Å². The SMILES string of the molecule is CCC(C)(C)C(Cc1nc(-c2ccccc2)cs1)NN. The van der Waals surface area contributed by atoms with Crippen LogP contribution in [0.5, 0.6) is 0 Å². The van der Waals surface area contributed by atoms with Gasteiger partial charge in [-0.25, -0.2) is 4.98 Å². The van der Waals surface area contributed by atoms with Crippen molar-refractivity contribution < 1.29 is 0 Å². The van der Waals surface area contributed by atoms with E-state index in [9.17, 15) is 0 Å². The average Bonchev–Trinajstić information content (AvgIpc) is 2.94. The highest BCUT2D eigenvalue weighted by atomic mass is 32.1. The molecule has 0 bridgehead atoms. The van der Waals surface area contributed by atoms with Gasteiger partial charge in [-0.2, -0.15) is 0 Å². The van der Waals surface area contributed by atoms with Crippen LogP contribution in [0.1, 0.15) is 32.2 Å². The molecule has 0 radical (unpaired) electrons. The summed E-state index contributed by atoms with van der Waals surface area (Å²) >= 11 is 1.71. The van der Waals surface area contributed by atoms with Crippen LogP contribution < -0.4 is 11.3 Å². The Morgan fingerprint density at radius 1 is 1.30 bits per heavy atom. The van der Waals surface area contributed by atoms with Gasteiger partial charge in [-0.1, -0.05) is 51.1 Å². The summed E-state index contributed by atoms with van der Waals surface area (Å²) in [5.74, 6) is 5.73. The van der Waals surface area contributed by atoms with Crippen molar-refractivity contribution in [1.82, 2.24) is 10.4 Å². The van der Waals surface area contributed by atoms with Crippen LogP contribution in [0.4, 0.5) is 0 Å². The van der Waals surface area contributed by atoms with Crippen LogP contribution >= 0.6 is 11.3 Å². The van der Waals surface area contributed by atoms with Crippen molar-refractivity contribution in [3.05, 3.63) is 40.7 Å². The number of aromatic nitrogens is 1. The number of hydrogen-bond donors (Lipinski definition) is 2. The predicted octanol–water partition coefficient (Wildman–Crippen LogP) is 3.62. The van der Waals surface area contributed by atoms with Crippen LogP contribution in [0.2, 0.25) is 0 Å². The average molecular weight is 289 g/mol. The fourth-order valence-corrected chi connectivity index (χ4v) is 2.98. The lowest BCUT2D eigenvalue weighted by atomic mass is 9.81. The van der Waals surface area contributed by atoms with Gasteiger partial charge >= 0.3 is 0 Å². The maximum atomic E-state index is 5.73. The third-order valence-electron chi connectivity index (χ3n) is 4.06. The molecule has 2 rings (SSSR count). The highest BCUT2D eigenvalue weighted by Crippen LogP contribution is 2.29. The molecule has 4 heteroatoms. The Morgan fingerprint density at radius 2 is 2.00 bits per heavy atom. The topological polar surface area (TPSA) is 50.9 Å². The first-order chi connectivity index (χ1) is 9.56. The lowest BCUT2D eigenvalue weighted by Crippen LogP contribution is -2.46. The zero-order chi connectivity index (χ0) is 14.6. The van der Waals surface area contributed by atoms with Crippen molar-refractivity contribution in [3.63, 3.8) is 0 Å². The predicted molar refractivity (Wildman–Crippen MR) is 86.4 cm³/mol. The van der Waals surface area contributed by atoms with Gasteiger partial charge in [0.15, 0.2) is 0 Å². The van der Waals surface area contributed by atoms with E-state index in [2.05, 4.69) is 43.7 Å². The summed E-state index contributed by atoms with van der Waals surface area (Å²) in [6.07, 6.45) is 1.95. The third-order valence-corrected chi connectivity index (χ3v) is 4.93. The molecule has 0 amide bonds. The van der Waals surface area contributed by atoms with Crippen LogP contribution in [0, 0.1) is 5.41 Å². The van der Waals surface area contributed by atoms with Gasteiger partial charge in [0.05, 0.1) is 10.7 Å². The van der Waals surface area contributed by atoms with Crippen LogP contribution in [0.3, 0.4) is 0 Å². The molecule has 2 aromatic rings. The molecule has 1 aromatic heterocycles. The minimum absolute atomic E-state index is 0.160. The van der Waals surface area contributed by atoms with E-state index in [1.807, 2.05) is 18.2 Å². The lowest BCUT2D eigenvalue weighted by molar-refractivity contribution is 0.231. The van der Waals surface area contributed by atoms with Crippen molar-refractivity contribution >= 4 is 11.3 Å². The van der Waals surface area contributed by atoms with E-state index in [-0.39, 0.29) is 11.5 Å². The molecule has 0 saturated heterocycles. The van der Waals surface area contributed by atoms with Crippen molar-refractivity contribution in [2.75, 3.05) is 0 Å². The fraction of sp³-hybridized carbons (Fsp3) is 0.438. The smallest absolute Gasteiger partial charge is 0.0948 e. The summed E-state index contributed by atoms with van der Waals surface area (Å²) in [5, 5.41) is 3.25. The van der Waals surface area contributed by atoms with Crippen molar-refractivity contribution in [2.24, 2.45) is 11.3 Å². The van der Waals surface area contributed by atoms with E-state index in [1.165, 1.54) is 5.56 Å². The van der Waals surface area contributed by atoms with Crippen LogP contribution in [-0.2, 0) is 6.42 Å². The molecule has 0 aliphatic heterocycles. The summed E-state index contributed by atoms with van der Waals surface area (Å²) in [5.41, 5.74) is 5.34. The third kappa shape index (κ3) is 3.45. The Labute approximate surface area is 125 Å². The highest BCUT2D eigenvalue weighted by molar-refractivity contribution is 7.09. The molecule has 0 fully saturated rings. The first kappa shape index (κ1) is 15.2. The number of thiazole rings is 1. The van der Waals surface area contributed by atoms with E-state index in [1.54, 1.807) is 11.3 Å². The van der Waals surface area contributed by atoms with E-state index in [0.717, 1.165) is 23.5 Å². The summed E-state index contributed by atoms with van der Waals surface area (Å²) < 4.78 is 0. The molecule has 3 nitrogen and oxygen atoms in total. The maximum absolute atomic E-state index is 5.73. The van der Waals surface area contributed by atoms with Gasteiger partial charge in [0.2, 0.25) is 0 Å². The fourth-order valence-electron chi connectivity index (χ4n) is 2.13. The monoisotopic (exact) mass is 289 g/mol. The van der Waals surface area contributed by atoms with Crippen LogP contribution in [0.25, 0.3) is 11.3 Å². The molecule has 1 aromatic carbocycles. The van der Waals surface area contributed by atoms with Gasteiger partial charge in [0, 0.05) is 23.4 Å². The lowest BCUT2D eigenvalue weighted by Gasteiger charge is -2.32. The first-order valence-corrected chi connectivity index (χ1v) is 7.90. The van der Waals surface area contributed by atoms with E-state index < -0.39 is 0 Å². The highest BCUT2D eigenvalue weighted by Gasteiger charge is 2.27.